The molecule has 0 aliphatic carbocycles. The average molecular weight is 187 g/mol. The second-order valence-electron chi connectivity index (χ2n) is 3.84. The zero-order chi connectivity index (χ0) is 10.1. The van der Waals surface area contributed by atoms with Gasteiger partial charge in [-0.1, -0.05) is 6.92 Å². The minimum Gasteiger partial charge on any atom is -0.480 e. The average Bonchev–Trinajstić information content (AvgIpc) is 2.51. The van der Waals surface area contributed by atoms with Gasteiger partial charge in [-0.15, -0.1) is 0 Å². The van der Waals surface area contributed by atoms with Gasteiger partial charge in [-0.05, 0) is 26.3 Å². The molecule has 4 heteroatoms. The lowest BCUT2D eigenvalue weighted by molar-refractivity contribution is -0.148. The van der Waals surface area contributed by atoms with E-state index in [1.54, 1.807) is 13.8 Å². The molecule has 76 valence electrons. The molecule has 1 heterocycles. The van der Waals surface area contributed by atoms with E-state index in [1.807, 2.05) is 0 Å². The maximum absolute atomic E-state index is 11.1. The van der Waals surface area contributed by atoms with Gasteiger partial charge in [0.15, 0.2) is 0 Å². The van der Waals surface area contributed by atoms with Gasteiger partial charge in [-0.25, -0.2) is 0 Å². The van der Waals surface area contributed by atoms with Gasteiger partial charge in [-0.2, -0.15) is 0 Å². The lowest BCUT2D eigenvalue weighted by Gasteiger charge is -2.33. The molecule has 0 saturated carbocycles. The Morgan fingerprint density at radius 3 is 2.46 bits per heavy atom. The first-order valence-electron chi connectivity index (χ1n) is 4.67. The summed E-state index contributed by atoms with van der Waals surface area (Å²) in [6, 6.07) is 0. The molecule has 0 amide bonds. The molecule has 0 spiro atoms. The summed E-state index contributed by atoms with van der Waals surface area (Å²) >= 11 is 0. The highest BCUT2D eigenvalue weighted by Gasteiger charge is 2.47. The van der Waals surface area contributed by atoms with Crippen LogP contribution in [-0.2, 0) is 4.79 Å². The number of nitrogens with one attached hydrogen (secondary N) is 1. The highest BCUT2D eigenvalue weighted by molar-refractivity contribution is 5.79. The molecule has 0 aromatic heterocycles. The van der Waals surface area contributed by atoms with Gasteiger partial charge in [0.2, 0.25) is 0 Å². The van der Waals surface area contributed by atoms with Gasteiger partial charge in [0, 0.05) is 5.92 Å². The molecule has 0 aromatic rings. The quantitative estimate of drug-likeness (QED) is 0.590. The predicted molar refractivity (Wildman–Crippen MR) is 48.4 cm³/mol. The monoisotopic (exact) mass is 187 g/mol. The number of aliphatic hydroxyl groups is 1. The summed E-state index contributed by atoms with van der Waals surface area (Å²) < 4.78 is 0. The van der Waals surface area contributed by atoms with Gasteiger partial charge >= 0.3 is 5.97 Å². The Balaban J connectivity index is 2.84. The fraction of sp³-hybridized carbons (Fsp3) is 0.889. The van der Waals surface area contributed by atoms with Crippen molar-refractivity contribution in [1.82, 2.24) is 5.32 Å². The number of aliphatic carboxylic acids is 1. The Kier molecular flexibility index (Phi) is 2.93. The lowest BCUT2D eigenvalue weighted by Crippen LogP contribution is -2.55. The normalized spacial score (nSPS) is 32.8. The van der Waals surface area contributed by atoms with E-state index in [0.717, 1.165) is 13.0 Å². The molecule has 0 radical (unpaired) electrons. The molecule has 0 bridgehead atoms. The molecule has 1 rings (SSSR count). The lowest BCUT2D eigenvalue weighted by atomic mass is 9.81. The largest absolute Gasteiger partial charge is 0.480 e. The van der Waals surface area contributed by atoms with E-state index >= 15 is 0 Å². The number of carbonyl (C=O) groups is 1. The molecular weight excluding hydrogens is 170 g/mol. The first kappa shape index (κ1) is 10.5. The van der Waals surface area contributed by atoms with Gasteiger partial charge in [0.05, 0.1) is 6.10 Å². The Bertz CT molecular complexity index is 197. The number of carboxylic acids is 1. The molecular formula is C9H17NO3. The topological polar surface area (TPSA) is 69.6 Å². The number of aliphatic hydroxyl groups excluding tert-OH is 1. The highest BCUT2D eigenvalue weighted by Crippen LogP contribution is 2.30. The summed E-state index contributed by atoms with van der Waals surface area (Å²) in [6.07, 6.45) is 0.874. The van der Waals surface area contributed by atoms with Crippen LogP contribution in [0.1, 0.15) is 26.7 Å². The van der Waals surface area contributed by atoms with E-state index < -0.39 is 17.6 Å². The van der Waals surface area contributed by atoms with Crippen molar-refractivity contribution in [3.05, 3.63) is 0 Å². The zero-order valence-electron chi connectivity index (χ0n) is 8.08. The van der Waals surface area contributed by atoms with Crippen LogP contribution in [0.15, 0.2) is 0 Å². The first-order valence-corrected chi connectivity index (χ1v) is 4.67. The Morgan fingerprint density at radius 1 is 1.54 bits per heavy atom. The fourth-order valence-electron chi connectivity index (χ4n) is 1.94. The summed E-state index contributed by atoms with van der Waals surface area (Å²) in [6.45, 7) is 4.13. The minimum atomic E-state index is -0.909. The van der Waals surface area contributed by atoms with Crippen LogP contribution in [0.25, 0.3) is 0 Å². The second kappa shape index (κ2) is 3.64. The third-order valence-electron chi connectivity index (χ3n) is 3.07. The molecule has 13 heavy (non-hydrogen) atoms. The third kappa shape index (κ3) is 1.69. The molecule has 1 aliphatic heterocycles. The number of hydrogen-bond donors (Lipinski definition) is 3. The van der Waals surface area contributed by atoms with Crippen molar-refractivity contribution >= 4 is 5.97 Å². The maximum Gasteiger partial charge on any atom is 0.324 e. The van der Waals surface area contributed by atoms with E-state index in [-0.39, 0.29) is 5.92 Å². The van der Waals surface area contributed by atoms with Crippen molar-refractivity contribution in [3.8, 4) is 0 Å². The number of rotatable bonds is 3. The van der Waals surface area contributed by atoms with Crippen molar-refractivity contribution in [2.24, 2.45) is 5.92 Å². The predicted octanol–water partition coefficient (Wildman–Crippen LogP) is 0.210. The van der Waals surface area contributed by atoms with E-state index in [2.05, 4.69) is 5.32 Å². The Hall–Kier alpha value is -0.610. The van der Waals surface area contributed by atoms with Crippen molar-refractivity contribution in [1.29, 1.82) is 0 Å². The number of carboxylic acid groups (broad SMARTS) is 1. The van der Waals surface area contributed by atoms with E-state index in [0.29, 0.717) is 6.42 Å². The van der Waals surface area contributed by atoms with Crippen LogP contribution in [0.4, 0.5) is 0 Å². The Morgan fingerprint density at radius 2 is 2.15 bits per heavy atom. The molecule has 1 saturated heterocycles. The fourth-order valence-corrected chi connectivity index (χ4v) is 1.94. The molecule has 3 atom stereocenters. The van der Waals surface area contributed by atoms with Crippen LogP contribution in [0.5, 0.6) is 0 Å². The summed E-state index contributed by atoms with van der Waals surface area (Å²) in [7, 11) is 0. The van der Waals surface area contributed by atoms with Crippen LogP contribution < -0.4 is 5.32 Å². The van der Waals surface area contributed by atoms with Crippen LogP contribution in [-0.4, -0.2) is 34.4 Å². The standard InChI is InChI=1S/C9H17NO3/c1-6(7(2)11)9(8(12)13)4-3-5-10-9/h6-7,10-11H,3-5H2,1-2H3,(H,12,13). The summed E-state index contributed by atoms with van der Waals surface area (Å²) in [5.41, 5.74) is -0.909. The molecule has 1 aliphatic rings. The maximum atomic E-state index is 11.1. The van der Waals surface area contributed by atoms with E-state index in [9.17, 15) is 9.90 Å². The summed E-state index contributed by atoms with van der Waals surface area (Å²) in [5, 5.41) is 21.5. The van der Waals surface area contributed by atoms with E-state index in [1.165, 1.54) is 0 Å². The van der Waals surface area contributed by atoms with Crippen molar-refractivity contribution in [2.45, 2.75) is 38.3 Å². The van der Waals surface area contributed by atoms with Crippen LogP contribution in [0.2, 0.25) is 0 Å². The van der Waals surface area contributed by atoms with Gasteiger partial charge < -0.3 is 15.5 Å². The first-order chi connectivity index (χ1) is 6.00. The van der Waals surface area contributed by atoms with Crippen molar-refractivity contribution in [2.75, 3.05) is 6.54 Å². The van der Waals surface area contributed by atoms with Crippen molar-refractivity contribution < 1.29 is 15.0 Å². The molecule has 3 N–H and O–H groups in total. The van der Waals surface area contributed by atoms with E-state index in [4.69, 9.17) is 5.11 Å². The van der Waals surface area contributed by atoms with Crippen molar-refractivity contribution in [3.63, 3.8) is 0 Å². The highest BCUT2D eigenvalue weighted by atomic mass is 16.4. The molecule has 4 nitrogen and oxygen atoms in total. The van der Waals surface area contributed by atoms with Crippen LogP contribution in [0.3, 0.4) is 0 Å². The molecule has 0 aromatic carbocycles. The number of hydrogen-bond acceptors (Lipinski definition) is 3. The second-order valence-corrected chi connectivity index (χ2v) is 3.84. The SMILES string of the molecule is CC(O)C(C)C1(C(=O)O)CCCN1. The summed E-state index contributed by atoms with van der Waals surface area (Å²) in [4.78, 5) is 11.1. The minimum absolute atomic E-state index is 0.257. The molecule has 3 unspecified atom stereocenters. The van der Waals surface area contributed by atoms with Crippen LogP contribution in [0, 0.1) is 5.92 Å². The Labute approximate surface area is 78.0 Å². The van der Waals surface area contributed by atoms with Gasteiger partial charge in [0.25, 0.3) is 0 Å². The van der Waals surface area contributed by atoms with Gasteiger partial charge in [0.1, 0.15) is 5.54 Å². The van der Waals surface area contributed by atoms with Gasteiger partial charge in [-0.3, -0.25) is 4.79 Å². The zero-order valence-corrected chi connectivity index (χ0v) is 8.08. The third-order valence-corrected chi connectivity index (χ3v) is 3.07. The molecule has 1 fully saturated rings. The smallest absolute Gasteiger partial charge is 0.324 e. The summed E-state index contributed by atoms with van der Waals surface area (Å²) in [5.74, 6) is -1.11. The van der Waals surface area contributed by atoms with Crippen LogP contribution >= 0.6 is 0 Å².